The second-order valence-corrected chi connectivity index (χ2v) is 12.6. The molecule has 0 aromatic rings. The first kappa shape index (κ1) is 42.4. The van der Waals surface area contributed by atoms with Crippen LogP contribution in [0.25, 0.3) is 0 Å². The van der Waals surface area contributed by atoms with Crippen LogP contribution < -0.4 is 5.32 Å². The van der Waals surface area contributed by atoms with Crippen LogP contribution >= 0.6 is 0 Å². The second kappa shape index (κ2) is 28.4. The Labute approximate surface area is 279 Å². The van der Waals surface area contributed by atoms with Gasteiger partial charge < -0.3 is 40.3 Å². The molecule has 7 atom stereocenters. The van der Waals surface area contributed by atoms with E-state index in [9.17, 15) is 30.3 Å². The minimum atomic E-state index is -1.57. The van der Waals surface area contributed by atoms with Crippen molar-refractivity contribution in [2.24, 2.45) is 0 Å². The molecule has 0 bridgehead atoms. The smallest absolute Gasteiger partial charge is 0.220 e. The Hall–Kier alpha value is -1.59. The van der Waals surface area contributed by atoms with Gasteiger partial charge in [0.25, 0.3) is 0 Å². The molecule has 0 aliphatic carbocycles. The van der Waals surface area contributed by atoms with Crippen molar-refractivity contribution in [2.75, 3.05) is 13.2 Å². The van der Waals surface area contributed by atoms with Crippen molar-refractivity contribution in [3.63, 3.8) is 0 Å². The molecule has 1 heterocycles. The molecule has 268 valence electrons. The van der Waals surface area contributed by atoms with Gasteiger partial charge in [-0.15, -0.1) is 0 Å². The Morgan fingerprint density at radius 1 is 0.717 bits per heavy atom. The SMILES string of the molecule is CCCCC/C=C/CC/C=C/C(O)C(COC1OC(CO)C(O)C(O)C1O)NC(=O)CCCCCCC/C=C\CCCCCCC. The number of aliphatic hydroxyl groups is 5. The van der Waals surface area contributed by atoms with Gasteiger partial charge in [0.1, 0.15) is 24.4 Å². The average molecular weight is 654 g/mol. The largest absolute Gasteiger partial charge is 0.394 e. The fourth-order valence-electron chi connectivity index (χ4n) is 5.40. The van der Waals surface area contributed by atoms with Crippen LogP contribution in [0, 0.1) is 0 Å². The van der Waals surface area contributed by atoms with E-state index < -0.39 is 49.5 Å². The van der Waals surface area contributed by atoms with Gasteiger partial charge in [0, 0.05) is 6.42 Å². The zero-order valence-corrected chi connectivity index (χ0v) is 28.8. The van der Waals surface area contributed by atoms with Gasteiger partial charge in [-0.25, -0.2) is 0 Å². The summed E-state index contributed by atoms with van der Waals surface area (Å²) in [5.74, 6) is -0.202. The van der Waals surface area contributed by atoms with Gasteiger partial charge >= 0.3 is 0 Å². The van der Waals surface area contributed by atoms with Crippen LogP contribution in [0.2, 0.25) is 0 Å². The summed E-state index contributed by atoms with van der Waals surface area (Å²) < 4.78 is 11.1. The average Bonchev–Trinajstić information content (AvgIpc) is 3.05. The molecule has 46 heavy (non-hydrogen) atoms. The number of carbonyl (C=O) groups excluding carboxylic acids is 1. The molecule has 9 heteroatoms. The van der Waals surface area contributed by atoms with Crippen LogP contribution in [-0.4, -0.2) is 87.5 Å². The van der Waals surface area contributed by atoms with Gasteiger partial charge in [0.2, 0.25) is 5.91 Å². The Balaban J connectivity index is 2.49. The number of hydrogen-bond acceptors (Lipinski definition) is 8. The van der Waals surface area contributed by atoms with Crippen molar-refractivity contribution in [3.8, 4) is 0 Å². The van der Waals surface area contributed by atoms with Crippen LogP contribution in [0.5, 0.6) is 0 Å². The highest BCUT2D eigenvalue weighted by Gasteiger charge is 2.44. The Kier molecular flexibility index (Phi) is 26.2. The third kappa shape index (κ3) is 19.9. The van der Waals surface area contributed by atoms with Gasteiger partial charge in [-0.3, -0.25) is 4.79 Å². The maximum atomic E-state index is 12.8. The third-order valence-corrected chi connectivity index (χ3v) is 8.44. The highest BCUT2D eigenvalue weighted by molar-refractivity contribution is 5.76. The molecule has 0 aromatic carbocycles. The third-order valence-electron chi connectivity index (χ3n) is 8.44. The lowest BCUT2D eigenvalue weighted by Gasteiger charge is -2.40. The van der Waals surface area contributed by atoms with E-state index in [1.54, 1.807) is 6.08 Å². The maximum Gasteiger partial charge on any atom is 0.220 e. The summed E-state index contributed by atoms with van der Waals surface area (Å²) in [6.07, 6.45) is 24.8. The predicted octanol–water partition coefficient (Wildman–Crippen LogP) is 5.77. The maximum absolute atomic E-state index is 12.8. The zero-order chi connectivity index (χ0) is 33.8. The van der Waals surface area contributed by atoms with Crippen LogP contribution in [0.4, 0.5) is 0 Å². The highest BCUT2D eigenvalue weighted by atomic mass is 16.7. The monoisotopic (exact) mass is 653 g/mol. The van der Waals surface area contributed by atoms with Crippen molar-refractivity contribution < 1.29 is 39.8 Å². The molecule has 0 aromatic heterocycles. The normalized spacial score (nSPS) is 23.5. The number of allylic oxidation sites excluding steroid dienone is 5. The number of unbranched alkanes of at least 4 members (excludes halogenated alkanes) is 14. The molecule has 1 rings (SSSR count). The number of carbonyl (C=O) groups is 1. The van der Waals surface area contributed by atoms with Gasteiger partial charge in [-0.1, -0.05) is 108 Å². The van der Waals surface area contributed by atoms with Gasteiger partial charge in [-0.2, -0.15) is 0 Å². The first-order valence-electron chi connectivity index (χ1n) is 18.2. The van der Waals surface area contributed by atoms with Crippen LogP contribution in [-0.2, 0) is 14.3 Å². The topological polar surface area (TPSA) is 149 Å². The molecule has 1 fully saturated rings. The van der Waals surface area contributed by atoms with E-state index >= 15 is 0 Å². The van der Waals surface area contributed by atoms with Crippen molar-refractivity contribution in [1.82, 2.24) is 5.32 Å². The van der Waals surface area contributed by atoms with Gasteiger partial charge in [0.05, 0.1) is 25.4 Å². The van der Waals surface area contributed by atoms with E-state index in [0.29, 0.717) is 6.42 Å². The highest BCUT2D eigenvalue weighted by Crippen LogP contribution is 2.22. The van der Waals surface area contributed by atoms with E-state index in [4.69, 9.17) is 9.47 Å². The molecular weight excluding hydrogens is 586 g/mol. The lowest BCUT2D eigenvalue weighted by Crippen LogP contribution is -2.60. The quantitative estimate of drug-likeness (QED) is 0.0461. The standard InChI is InChI=1S/C37H67NO8/c1-3-5-7-9-11-13-14-15-16-17-19-21-23-25-27-33(41)38-30(31(40)26-24-22-20-18-12-10-8-6-4-2)29-45-37-36(44)35(43)34(42)32(28-39)46-37/h12,14-15,18,24,26,30-32,34-37,39-40,42-44H,3-11,13,16-17,19-23,25,27-29H2,1-2H3,(H,38,41)/b15-14-,18-12+,26-24+. The summed E-state index contributed by atoms with van der Waals surface area (Å²) in [6.45, 7) is 3.65. The summed E-state index contributed by atoms with van der Waals surface area (Å²) in [6, 6.07) is -0.820. The van der Waals surface area contributed by atoms with Crippen molar-refractivity contribution in [3.05, 3.63) is 36.5 Å². The minimum absolute atomic E-state index is 0.202. The Morgan fingerprint density at radius 3 is 1.87 bits per heavy atom. The number of amides is 1. The lowest BCUT2D eigenvalue weighted by atomic mass is 9.99. The molecule has 6 N–H and O–H groups in total. The molecule has 9 nitrogen and oxygen atoms in total. The number of aliphatic hydroxyl groups excluding tert-OH is 5. The zero-order valence-electron chi connectivity index (χ0n) is 28.8. The fourth-order valence-corrected chi connectivity index (χ4v) is 5.40. The summed E-state index contributed by atoms with van der Waals surface area (Å²) in [5, 5.41) is 53.7. The Morgan fingerprint density at radius 2 is 1.24 bits per heavy atom. The number of ether oxygens (including phenoxy) is 2. The molecular formula is C37H67NO8. The molecule has 0 radical (unpaired) electrons. The predicted molar refractivity (Wildman–Crippen MR) is 184 cm³/mol. The number of rotatable bonds is 28. The van der Waals surface area contributed by atoms with E-state index in [0.717, 1.165) is 57.8 Å². The Bertz CT molecular complexity index is 817. The minimum Gasteiger partial charge on any atom is -0.394 e. The van der Waals surface area contributed by atoms with Crippen LogP contribution in [0.3, 0.4) is 0 Å². The van der Waals surface area contributed by atoms with Crippen molar-refractivity contribution >= 4 is 5.91 Å². The van der Waals surface area contributed by atoms with Crippen LogP contribution in [0.1, 0.15) is 136 Å². The van der Waals surface area contributed by atoms with Crippen LogP contribution in [0.15, 0.2) is 36.5 Å². The van der Waals surface area contributed by atoms with Gasteiger partial charge in [0.15, 0.2) is 6.29 Å². The fraction of sp³-hybridized carbons (Fsp3) is 0.811. The summed E-state index contributed by atoms with van der Waals surface area (Å²) in [5.41, 5.74) is 0. The first-order chi connectivity index (χ1) is 22.3. The molecule has 1 saturated heterocycles. The molecule has 0 spiro atoms. The van der Waals surface area contributed by atoms with E-state index in [-0.39, 0.29) is 12.5 Å². The molecule has 7 unspecified atom stereocenters. The van der Waals surface area contributed by atoms with Gasteiger partial charge in [-0.05, 0) is 57.8 Å². The number of nitrogens with one attached hydrogen (secondary N) is 1. The molecule has 1 aliphatic rings. The van der Waals surface area contributed by atoms with E-state index in [2.05, 4.69) is 43.5 Å². The first-order valence-corrected chi connectivity index (χ1v) is 18.2. The second-order valence-electron chi connectivity index (χ2n) is 12.6. The molecule has 1 amide bonds. The summed E-state index contributed by atoms with van der Waals surface area (Å²) in [7, 11) is 0. The summed E-state index contributed by atoms with van der Waals surface area (Å²) in [4.78, 5) is 12.8. The molecule has 0 saturated carbocycles. The van der Waals surface area contributed by atoms with Crippen molar-refractivity contribution in [2.45, 2.75) is 179 Å². The summed E-state index contributed by atoms with van der Waals surface area (Å²) >= 11 is 0. The number of hydrogen-bond donors (Lipinski definition) is 6. The lowest BCUT2D eigenvalue weighted by molar-refractivity contribution is -0.302. The van der Waals surface area contributed by atoms with E-state index in [1.807, 2.05) is 6.08 Å². The van der Waals surface area contributed by atoms with Crippen molar-refractivity contribution in [1.29, 1.82) is 0 Å². The molecule has 1 aliphatic heterocycles. The van der Waals surface area contributed by atoms with E-state index in [1.165, 1.54) is 57.8 Å².